The highest BCUT2D eigenvalue weighted by molar-refractivity contribution is 5.84. The van der Waals surface area contributed by atoms with Gasteiger partial charge in [0.15, 0.2) is 17.3 Å². The van der Waals surface area contributed by atoms with E-state index in [0.717, 1.165) is 22.6 Å². The van der Waals surface area contributed by atoms with Gasteiger partial charge in [0.25, 0.3) is 0 Å². The second kappa shape index (κ2) is 4.54. The first-order valence-electron chi connectivity index (χ1n) is 6.90. The Hall–Kier alpha value is -2.44. The molecule has 3 heterocycles. The SMILES string of the molecule is Cc1nn(C)c(C)c1-c1nc(N)c2ncn(C(C)C)c2n1. The summed E-state index contributed by atoms with van der Waals surface area (Å²) in [5, 5.41) is 4.42. The number of hydrogen-bond acceptors (Lipinski definition) is 5. The molecule has 0 atom stereocenters. The summed E-state index contributed by atoms with van der Waals surface area (Å²) in [4.78, 5) is 13.4. The minimum Gasteiger partial charge on any atom is -0.382 e. The summed E-state index contributed by atoms with van der Waals surface area (Å²) in [7, 11) is 1.91. The van der Waals surface area contributed by atoms with Crippen molar-refractivity contribution in [3.05, 3.63) is 17.7 Å². The van der Waals surface area contributed by atoms with Gasteiger partial charge < -0.3 is 10.3 Å². The van der Waals surface area contributed by atoms with Crippen molar-refractivity contribution in [3.8, 4) is 11.4 Å². The van der Waals surface area contributed by atoms with Crippen LogP contribution in [0.1, 0.15) is 31.3 Å². The van der Waals surface area contributed by atoms with Gasteiger partial charge >= 0.3 is 0 Å². The first kappa shape index (κ1) is 13.5. The smallest absolute Gasteiger partial charge is 0.167 e. The Balaban J connectivity index is 2.31. The van der Waals surface area contributed by atoms with E-state index in [9.17, 15) is 0 Å². The Morgan fingerprint density at radius 3 is 2.48 bits per heavy atom. The molecule has 3 aromatic rings. The van der Waals surface area contributed by atoms with Crippen LogP contribution in [-0.4, -0.2) is 29.3 Å². The Morgan fingerprint density at radius 2 is 1.90 bits per heavy atom. The van der Waals surface area contributed by atoms with Crippen molar-refractivity contribution in [2.24, 2.45) is 7.05 Å². The summed E-state index contributed by atoms with van der Waals surface area (Å²) in [6.45, 7) is 8.12. The van der Waals surface area contributed by atoms with E-state index < -0.39 is 0 Å². The maximum atomic E-state index is 6.06. The number of anilines is 1. The van der Waals surface area contributed by atoms with Gasteiger partial charge in [-0.15, -0.1) is 0 Å². The van der Waals surface area contributed by atoms with Gasteiger partial charge in [-0.3, -0.25) is 4.68 Å². The molecule has 0 spiro atoms. The Morgan fingerprint density at radius 1 is 1.19 bits per heavy atom. The van der Waals surface area contributed by atoms with Crippen LogP contribution in [0, 0.1) is 13.8 Å². The molecule has 3 rings (SSSR count). The molecule has 7 heteroatoms. The van der Waals surface area contributed by atoms with E-state index in [1.54, 1.807) is 6.33 Å². The number of nitrogen functional groups attached to an aromatic ring is 1. The van der Waals surface area contributed by atoms with Gasteiger partial charge in [0.1, 0.15) is 5.52 Å². The fourth-order valence-electron chi connectivity index (χ4n) is 2.53. The zero-order chi connectivity index (χ0) is 15.3. The molecule has 0 aliphatic heterocycles. The Bertz CT molecular complexity index is 826. The molecule has 0 aliphatic carbocycles. The average molecular weight is 285 g/mol. The van der Waals surface area contributed by atoms with Gasteiger partial charge in [-0.2, -0.15) is 5.10 Å². The van der Waals surface area contributed by atoms with Crippen LogP contribution in [0.4, 0.5) is 5.82 Å². The zero-order valence-corrected chi connectivity index (χ0v) is 12.9. The highest BCUT2D eigenvalue weighted by Gasteiger charge is 2.18. The van der Waals surface area contributed by atoms with Crippen LogP contribution in [0.3, 0.4) is 0 Å². The van der Waals surface area contributed by atoms with E-state index in [-0.39, 0.29) is 6.04 Å². The Kier molecular flexibility index (Phi) is 2.93. The molecule has 0 aromatic carbocycles. The molecule has 2 N–H and O–H groups in total. The van der Waals surface area contributed by atoms with Crippen LogP contribution in [0.2, 0.25) is 0 Å². The number of fused-ring (bicyclic) bond motifs is 1. The van der Waals surface area contributed by atoms with Crippen LogP contribution in [0.15, 0.2) is 6.33 Å². The third-order valence-corrected chi connectivity index (χ3v) is 3.74. The fraction of sp³-hybridized carbons (Fsp3) is 0.429. The normalized spacial score (nSPS) is 11.7. The third-order valence-electron chi connectivity index (χ3n) is 3.74. The minimum atomic E-state index is 0.258. The van der Waals surface area contributed by atoms with Crippen molar-refractivity contribution in [1.82, 2.24) is 29.3 Å². The summed E-state index contributed by atoms with van der Waals surface area (Å²) in [5.74, 6) is 1.00. The summed E-state index contributed by atoms with van der Waals surface area (Å²) >= 11 is 0. The van der Waals surface area contributed by atoms with Crippen LogP contribution < -0.4 is 5.73 Å². The molecule has 0 bridgehead atoms. The fourth-order valence-corrected chi connectivity index (χ4v) is 2.53. The van der Waals surface area contributed by atoms with Crippen LogP contribution >= 0.6 is 0 Å². The molecule has 0 saturated heterocycles. The maximum Gasteiger partial charge on any atom is 0.167 e. The first-order valence-corrected chi connectivity index (χ1v) is 6.90. The summed E-state index contributed by atoms with van der Waals surface area (Å²) < 4.78 is 3.83. The number of imidazole rings is 1. The lowest BCUT2D eigenvalue weighted by Gasteiger charge is -2.08. The maximum absolute atomic E-state index is 6.06. The van der Waals surface area contributed by atoms with Crippen molar-refractivity contribution in [3.63, 3.8) is 0 Å². The largest absolute Gasteiger partial charge is 0.382 e. The number of aromatic nitrogens is 6. The zero-order valence-electron chi connectivity index (χ0n) is 12.9. The number of nitrogens with two attached hydrogens (primary N) is 1. The van der Waals surface area contributed by atoms with Gasteiger partial charge in [-0.05, 0) is 27.7 Å². The lowest BCUT2D eigenvalue weighted by Crippen LogP contribution is -2.04. The predicted octanol–water partition coefficient (Wildman–Crippen LogP) is 2.01. The Labute approximate surface area is 122 Å². The minimum absolute atomic E-state index is 0.258. The quantitative estimate of drug-likeness (QED) is 0.778. The number of nitrogens with zero attached hydrogens (tertiary/aromatic N) is 6. The van der Waals surface area contributed by atoms with Crippen LogP contribution in [0.5, 0.6) is 0 Å². The van der Waals surface area contributed by atoms with E-state index in [1.807, 2.05) is 30.1 Å². The molecule has 0 saturated carbocycles. The third kappa shape index (κ3) is 1.96. The van der Waals surface area contributed by atoms with E-state index in [4.69, 9.17) is 5.73 Å². The molecule has 0 aliphatic rings. The topological polar surface area (TPSA) is 87.4 Å². The molecule has 0 amide bonds. The van der Waals surface area contributed by atoms with Gasteiger partial charge in [-0.25, -0.2) is 15.0 Å². The molecule has 0 fully saturated rings. The molecule has 0 unspecified atom stereocenters. The van der Waals surface area contributed by atoms with Crippen LogP contribution in [-0.2, 0) is 7.05 Å². The van der Waals surface area contributed by atoms with E-state index >= 15 is 0 Å². The summed E-state index contributed by atoms with van der Waals surface area (Å²) in [5.41, 5.74) is 10.3. The van der Waals surface area contributed by atoms with E-state index in [1.165, 1.54) is 0 Å². The van der Waals surface area contributed by atoms with Gasteiger partial charge in [0.2, 0.25) is 0 Å². The van der Waals surface area contributed by atoms with Gasteiger partial charge in [-0.1, -0.05) is 0 Å². The molecule has 110 valence electrons. The lowest BCUT2D eigenvalue weighted by molar-refractivity contribution is 0.613. The van der Waals surface area contributed by atoms with Gasteiger partial charge in [0.05, 0.1) is 17.6 Å². The number of aryl methyl sites for hydroxylation is 2. The van der Waals surface area contributed by atoms with Crippen LogP contribution in [0.25, 0.3) is 22.6 Å². The number of hydrogen-bond donors (Lipinski definition) is 1. The highest BCUT2D eigenvalue weighted by atomic mass is 15.3. The van der Waals surface area contributed by atoms with Crippen molar-refractivity contribution >= 4 is 17.0 Å². The monoisotopic (exact) mass is 285 g/mol. The second-order valence-electron chi connectivity index (χ2n) is 5.52. The van der Waals surface area contributed by atoms with E-state index in [0.29, 0.717) is 17.2 Å². The van der Waals surface area contributed by atoms with Crippen molar-refractivity contribution in [2.75, 3.05) is 5.73 Å². The second-order valence-corrected chi connectivity index (χ2v) is 5.52. The average Bonchev–Trinajstić information content (AvgIpc) is 2.92. The summed E-state index contributed by atoms with van der Waals surface area (Å²) in [6, 6.07) is 0.258. The highest BCUT2D eigenvalue weighted by Crippen LogP contribution is 2.27. The first-order chi connectivity index (χ1) is 9.90. The standard InChI is InChI=1S/C14H19N7/c1-7(2)21-6-16-11-12(15)17-13(18-14(11)21)10-8(3)19-20(5)9(10)4/h6-7H,1-5H3,(H2,15,17,18). The number of rotatable bonds is 2. The van der Waals surface area contributed by atoms with Crippen molar-refractivity contribution < 1.29 is 0 Å². The van der Waals surface area contributed by atoms with Crippen molar-refractivity contribution in [2.45, 2.75) is 33.7 Å². The van der Waals surface area contributed by atoms with Crippen molar-refractivity contribution in [1.29, 1.82) is 0 Å². The molecule has 3 aromatic heterocycles. The predicted molar refractivity (Wildman–Crippen MR) is 81.8 cm³/mol. The lowest BCUT2D eigenvalue weighted by atomic mass is 10.2. The summed E-state index contributed by atoms with van der Waals surface area (Å²) in [6.07, 6.45) is 1.76. The molecule has 7 nitrogen and oxygen atoms in total. The van der Waals surface area contributed by atoms with Gasteiger partial charge in [0, 0.05) is 18.8 Å². The van der Waals surface area contributed by atoms with E-state index in [2.05, 4.69) is 33.9 Å². The molecule has 21 heavy (non-hydrogen) atoms. The molecular weight excluding hydrogens is 266 g/mol. The molecule has 0 radical (unpaired) electrons. The molecular formula is C14H19N7.